The SMILES string of the molecule is CC(C)(C)CCCCCCCCCCS(=O)(=O)c1ccc(NC(=O)Nc2c3ccccc3c(NC(=O)Nc3ccc(S(=O)(=O)CCCCCCCCCCC(C)(C)C)cc3)c3ccccc23)cc1. The number of urea groups is 2. The maximum Gasteiger partial charge on any atom is 0.323 e. The van der Waals surface area contributed by atoms with E-state index in [-0.39, 0.29) is 21.3 Å². The van der Waals surface area contributed by atoms with Crippen LogP contribution in [0, 0.1) is 10.8 Å². The Morgan fingerprint density at radius 1 is 0.368 bits per heavy atom. The number of carbonyl (C=O) groups is 2. The van der Waals surface area contributed by atoms with Crippen molar-refractivity contribution in [3.8, 4) is 0 Å². The molecule has 10 nitrogen and oxygen atoms in total. The van der Waals surface area contributed by atoms with Gasteiger partial charge in [0.25, 0.3) is 0 Å². The molecule has 0 radical (unpaired) electrons. The topological polar surface area (TPSA) is 151 Å². The van der Waals surface area contributed by atoms with Crippen molar-refractivity contribution in [1.29, 1.82) is 0 Å². The maximum atomic E-state index is 13.5. The molecule has 0 saturated heterocycles. The number of sulfone groups is 2. The molecule has 0 atom stereocenters. The van der Waals surface area contributed by atoms with E-state index in [9.17, 15) is 26.4 Å². The van der Waals surface area contributed by atoms with Crippen LogP contribution in [0.5, 0.6) is 0 Å². The summed E-state index contributed by atoms with van der Waals surface area (Å²) in [7, 11) is -6.91. The number of hydrogen-bond acceptors (Lipinski definition) is 6. The van der Waals surface area contributed by atoms with Gasteiger partial charge in [-0.3, -0.25) is 0 Å². The van der Waals surface area contributed by atoms with Gasteiger partial charge < -0.3 is 21.3 Å². The molecule has 0 spiro atoms. The lowest BCUT2D eigenvalue weighted by Crippen LogP contribution is -2.21. The predicted molar refractivity (Wildman–Crippen MR) is 286 cm³/mol. The lowest BCUT2D eigenvalue weighted by Gasteiger charge is -2.18. The predicted octanol–water partition coefficient (Wildman–Crippen LogP) is 15.9. The quantitative estimate of drug-likeness (QED) is 0.0246. The first-order chi connectivity index (χ1) is 32.3. The Hall–Kier alpha value is -4.94. The molecule has 5 aromatic carbocycles. The molecule has 370 valence electrons. The first-order valence-electron chi connectivity index (χ1n) is 25.1. The van der Waals surface area contributed by atoms with Gasteiger partial charge >= 0.3 is 12.1 Å². The van der Waals surface area contributed by atoms with Gasteiger partial charge in [-0.1, -0.05) is 180 Å². The highest BCUT2D eigenvalue weighted by atomic mass is 32.2. The number of rotatable bonds is 26. The number of hydrogen-bond donors (Lipinski definition) is 4. The van der Waals surface area contributed by atoms with Gasteiger partial charge in [-0.2, -0.15) is 0 Å². The molecule has 4 amide bonds. The van der Waals surface area contributed by atoms with E-state index in [1.54, 1.807) is 24.3 Å². The largest absolute Gasteiger partial charge is 0.323 e. The molecule has 0 aliphatic rings. The number of carbonyl (C=O) groups excluding carboxylic acids is 2. The van der Waals surface area contributed by atoms with E-state index in [1.807, 2.05) is 48.5 Å². The summed E-state index contributed by atoms with van der Waals surface area (Å²) < 4.78 is 52.5. The molecule has 0 bridgehead atoms. The van der Waals surface area contributed by atoms with Gasteiger partial charge in [0.15, 0.2) is 19.7 Å². The maximum absolute atomic E-state index is 13.5. The summed E-state index contributed by atoms with van der Waals surface area (Å²) in [4.78, 5) is 27.5. The number of benzene rings is 5. The fraction of sp³-hybridized carbons (Fsp3) is 0.500. The average molecular weight is 967 g/mol. The second-order valence-corrected chi connectivity index (χ2v) is 25.2. The van der Waals surface area contributed by atoms with Crippen LogP contribution in [0.25, 0.3) is 21.5 Å². The van der Waals surface area contributed by atoms with Gasteiger partial charge in [-0.05, 0) is 85.0 Å². The Labute approximate surface area is 408 Å². The molecule has 0 aromatic heterocycles. The van der Waals surface area contributed by atoms with Crippen LogP contribution in [0.15, 0.2) is 107 Å². The van der Waals surface area contributed by atoms with Crippen molar-refractivity contribution in [3.63, 3.8) is 0 Å². The molecule has 5 rings (SSSR count). The molecule has 0 heterocycles. The van der Waals surface area contributed by atoms with E-state index < -0.39 is 31.7 Å². The molecular weight excluding hydrogens is 889 g/mol. The standard InChI is InChI=1S/C56H78N4O6S2/c1-55(2,3)39-23-15-11-7-9-13-17-25-41-67(63,64)45-35-31-43(32-36-45)57-53(61)59-51-47-27-19-21-29-49(47)52(50-30-22-20-28-48(50)51)60-54(62)58-44-33-37-46(38-34-44)68(65,66)42-26-18-14-10-8-12-16-24-40-56(4,5)6/h19-22,27-38H,7-18,23-26,39-42H2,1-6H3,(H2,57,59,61)(H2,58,60,62). The van der Waals surface area contributed by atoms with Crippen LogP contribution in [0.4, 0.5) is 32.3 Å². The third-order valence-corrected chi connectivity index (χ3v) is 16.2. The van der Waals surface area contributed by atoms with Crippen LogP contribution >= 0.6 is 0 Å². The van der Waals surface area contributed by atoms with Crippen molar-refractivity contribution in [1.82, 2.24) is 0 Å². The van der Waals surface area contributed by atoms with E-state index in [1.165, 1.54) is 88.5 Å². The first kappa shape index (κ1) is 54.0. The first-order valence-corrected chi connectivity index (χ1v) is 28.4. The normalized spacial score (nSPS) is 12.3. The molecule has 68 heavy (non-hydrogen) atoms. The zero-order valence-electron chi connectivity index (χ0n) is 41.6. The summed E-state index contributed by atoms with van der Waals surface area (Å²) in [5.74, 6) is 0.188. The number of amides is 4. The van der Waals surface area contributed by atoms with Crippen molar-refractivity contribution in [2.45, 2.75) is 167 Å². The molecule has 12 heteroatoms. The average Bonchev–Trinajstić information content (AvgIpc) is 3.28. The van der Waals surface area contributed by atoms with Crippen LogP contribution in [0.3, 0.4) is 0 Å². The highest BCUT2D eigenvalue weighted by Crippen LogP contribution is 2.40. The minimum atomic E-state index is -3.45. The van der Waals surface area contributed by atoms with Crippen LogP contribution in [0.2, 0.25) is 0 Å². The number of fused-ring (bicyclic) bond motifs is 2. The minimum absolute atomic E-state index is 0.0941. The molecule has 0 saturated carbocycles. The fourth-order valence-corrected chi connectivity index (χ4v) is 11.4. The number of anilines is 4. The van der Waals surface area contributed by atoms with E-state index in [2.05, 4.69) is 62.8 Å². The van der Waals surface area contributed by atoms with Gasteiger partial charge in [-0.25, -0.2) is 26.4 Å². The van der Waals surface area contributed by atoms with Crippen LogP contribution in [-0.2, 0) is 19.7 Å². The lowest BCUT2D eigenvalue weighted by atomic mass is 9.89. The summed E-state index contributed by atoms with van der Waals surface area (Å²) in [6.45, 7) is 13.7. The summed E-state index contributed by atoms with van der Waals surface area (Å²) in [6, 6.07) is 26.4. The van der Waals surface area contributed by atoms with Crippen LogP contribution < -0.4 is 21.3 Å². The highest BCUT2D eigenvalue weighted by molar-refractivity contribution is 7.91. The fourth-order valence-electron chi connectivity index (χ4n) is 8.69. The molecular formula is C56H78N4O6S2. The van der Waals surface area contributed by atoms with Gasteiger partial charge in [0.2, 0.25) is 0 Å². The third-order valence-electron chi connectivity index (χ3n) is 12.5. The highest BCUT2D eigenvalue weighted by Gasteiger charge is 2.20. The molecule has 0 unspecified atom stereocenters. The van der Waals surface area contributed by atoms with Crippen LogP contribution in [-0.4, -0.2) is 40.4 Å². The number of unbranched alkanes of at least 4 members (excludes halogenated alkanes) is 14. The van der Waals surface area contributed by atoms with Gasteiger partial charge in [-0.15, -0.1) is 0 Å². The van der Waals surface area contributed by atoms with Crippen molar-refractivity contribution < 1.29 is 26.4 Å². The van der Waals surface area contributed by atoms with Gasteiger partial charge in [0, 0.05) is 32.9 Å². The van der Waals surface area contributed by atoms with Gasteiger partial charge in [0.1, 0.15) is 0 Å². The molecule has 4 N–H and O–H groups in total. The van der Waals surface area contributed by atoms with E-state index in [0.717, 1.165) is 38.5 Å². The molecule has 0 aliphatic carbocycles. The Morgan fingerprint density at radius 3 is 0.912 bits per heavy atom. The van der Waals surface area contributed by atoms with Crippen molar-refractivity contribution in [2.75, 3.05) is 32.8 Å². The molecule has 0 fully saturated rings. The second-order valence-electron chi connectivity index (χ2n) is 21.0. The number of nitrogens with one attached hydrogen (secondary N) is 4. The Balaban J connectivity index is 1.12. The van der Waals surface area contributed by atoms with E-state index in [4.69, 9.17) is 0 Å². The third kappa shape index (κ3) is 17.9. The zero-order valence-corrected chi connectivity index (χ0v) is 43.3. The van der Waals surface area contributed by atoms with Gasteiger partial charge in [0.05, 0.1) is 32.7 Å². The summed E-state index contributed by atoms with van der Waals surface area (Å²) >= 11 is 0. The molecule has 5 aromatic rings. The Kier molecular flexibility index (Phi) is 20.3. The Bertz CT molecular complexity index is 2380. The van der Waals surface area contributed by atoms with Crippen LogP contribution in [0.1, 0.15) is 157 Å². The van der Waals surface area contributed by atoms with E-state index >= 15 is 0 Å². The Morgan fingerprint density at radius 2 is 0.632 bits per heavy atom. The van der Waals surface area contributed by atoms with Crippen molar-refractivity contribution >= 4 is 76.0 Å². The molecule has 0 aliphatic heterocycles. The smallest absolute Gasteiger partial charge is 0.308 e. The summed E-state index contributed by atoms with van der Waals surface area (Å²) in [6.07, 6.45) is 19.8. The second kappa shape index (κ2) is 25.6. The monoisotopic (exact) mass is 967 g/mol. The van der Waals surface area contributed by atoms with Crippen molar-refractivity contribution in [2.24, 2.45) is 10.8 Å². The summed E-state index contributed by atoms with van der Waals surface area (Å²) in [5, 5.41) is 14.5. The summed E-state index contributed by atoms with van der Waals surface area (Å²) in [5.41, 5.74) is 2.74. The lowest BCUT2D eigenvalue weighted by molar-refractivity contribution is 0.261. The van der Waals surface area contributed by atoms with E-state index in [0.29, 0.717) is 68.0 Å². The minimum Gasteiger partial charge on any atom is -0.308 e. The van der Waals surface area contributed by atoms with Crippen molar-refractivity contribution in [3.05, 3.63) is 97.1 Å². The zero-order chi connectivity index (χ0) is 49.2.